The quantitative estimate of drug-likeness (QED) is 0.344. The highest BCUT2D eigenvalue weighted by molar-refractivity contribution is 8.14. The largest absolute Gasteiger partial charge is 0.497 e. The van der Waals surface area contributed by atoms with Crippen molar-refractivity contribution < 1.29 is 19.1 Å². The fourth-order valence-electron chi connectivity index (χ4n) is 3.77. The number of carbonyl (C=O) groups is 2. The van der Waals surface area contributed by atoms with Gasteiger partial charge in [-0.1, -0.05) is 30.0 Å². The third-order valence-electron chi connectivity index (χ3n) is 5.97. The van der Waals surface area contributed by atoms with Gasteiger partial charge in [0.25, 0.3) is 5.91 Å². The molecule has 0 saturated carbocycles. The van der Waals surface area contributed by atoms with Crippen LogP contribution in [0, 0.1) is 13.8 Å². The topological polar surface area (TPSA) is 73.1 Å². The molecule has 0 unspecified atom stereocenters. The van der Waals surface area contributed by atoms with Gasteiger partial charge < -0.3 is 14.0 Å². The predicted octanol–water partition coefficient (Wildman–Crippen LogP) is 5.02. The highest BCUT2D eigenvalue weighted by atomic mass is 32.2. The number of benzene rings is 2. The first kappa shape index (κ1) is 24.3. The molecule has 2 heterocycles. The molecule has 0 saturated heterocycles. The van der Waals surface area contributed by atoms with Crippen LogP contribution in [0.1, 0.15) is 27.3 Å². The number of Topliss-reactive ketones (excluding diaryl/α,β-unsaturated/α-hetero) is 1. The molecule has 0 aliphatic carbocycles. The molecular formula is C27H27N3O4S. The van der Waals surface area contributed by atoms with E-state index in [1.54, 1.807) is 26.4 Å². The summed E-state index contributed by atoms with van der Waals surface area (Å²) in [6.07, 6.45) is 1.73. The number of methoxy groups -OCH3 is 2. The van der Waals surface area contributed by atoms with E-state index in [0.717, 1.165) is 22.7 Å². The van der Waals surface area contributed by atoms with Gasteiger partial charge in [0.05, 0.1) is 25.7 Å². The number of anilines is 1. The first-order chi connectivity index (χ1) is 16.8. The second-order valence-electron chi connectivity index (χ2n) is 8.09. The van der Waals surface area contributed by atoms with E-state index in [0.29, 0.717) is 27.9 Å². The summed E-state index contributed by atoms with van der Waals surface area (Å²) in [7, 11) is 5.12. The van der Waals surface area contributed by atoms with Gasteiger partial charge in [0.1, 0.15) is 17.2 Å². The summed E-state index contributed by atoms with van der Waals surface area (Å²) in [5, 5.41) is 0.446. The highest BCUT2D eigenvalue weighted by Crippen LogP contribution is 2.32. The minimum atomic E-state index is -0.268. The van der Waals surface area contributed by atoms with Crippen molar-refractivity contribution in [1.82, 2.24) is 4.57 Å². The maximum atomic E-state index is 13.4. The van der Waals surface area contributed by atoms with Crippen molar-refractivity contribution in [2.24, 2.45) is 12.0 Å². The molecule has 4 rings (SSSR count). The average Bonchev–Trinajstić information content (AvgIpc) is 3.33. The van der Waals surface area contributed by atoms with Gasteiger partial charge in [-0.15, -0.1) is 0 Å². The first-order valence-corrected chi connectivity index (χ1v) is 12.0. The van der Waals surface area contributed by atoms with Crippen LogP contribution >= 0.6 is 11.8 Å². The fraction of sp³-hybridized carbons (Fsp3) is 0.222. The maximum absolute atomic E-state index is 13.4. The molecule has 8 heteroatoms. The number of hydrogen-bond donors (Lipinski definition) is 0. The lowest BCUT2D eigenvalue weighted by atomic mass is 10.2. The number of nitrogens with zero attached hydrogens (tertiary/aromatic N) is 3. The van der Waals surface area contributed by atoms with E-state index in [1.165, 1.54) is 16.7 Å². The molecule has 0 fully saturated rings. The predicted molar refractivity (Wildman–Crippen MR) is 141 cm³/mol. The third kappa shape index (κ3) is 5.02. The Morgan fingerprint density at radius 1 is 1.03 bits per heavy atom. The van der Waals surface area contributed by atoms with Crippen molar-refractivity contribution in [3.05, 3.63) is 82.8 Å². The Balaban J connectivity index is 1.65. The van der Waals surface area contributed by atoms with E-state index in [2.05, 4.69) is 4.99 Å². The van der Waals surface area contributed by atoms with E-state index in [1.807, 2.05) is 74.0 Å². The van der Waals surface area contributed by atoms with Crippen LogP contribution in [0.15, 0.2) is 65.3 Å². The smallest absolute Gasteiger partial charge is 0.283 e. The minimum Gasteiger partial charge on any atom is -0.497 e. The van der Waals surface area contributed by atoms with Crippen molar-refractivity contribution in [3.63, 3.8) is 0 Å². The van der Waals surface area contributed by atoms with Crippen molar-refractivity contribution in [2.75, 3.05) is 24.9 Å². The number of hydrogen-bond acceptors (Lipinski definition) is 6. The molecule has 2 aromatic carbocycles. The molecule has 3 aromatic rings. The summed E-state index contributed by atoms with van der Waals surface area (Å²) in [6.45, 7) is 3.90. The van der Waals surface area contributed by atoms with Gasteiger partial charge in [-0.2, -0.15) is 0 Å². The Labute approximate surface area is 209 Å². The molecule has 0 bridgehead atoms. The van der Waals surface area contributed by atoms with E-state index in [4.69, 9.17) is 9.47 Å². The van der Waals surface area contributed by atoms with Crippen LogP contribution in [0.3, 0.4) is 0 Å². The number of ether oxygens (including phenoxy) is 2. The monoisotopic (exact) mass is 489 g/mol. The zero-order chi connectivity index (χ0) is 25.1. The molecule has 35 heavy (non-hydrogen) atoms. The zero-order valence-electron chi connectivity index (χ0n) is 20.4. The van der Waals surface area contributed by atoms with Crippen molar-refractivity contribution in [1.29, 1.82) is 0 Å². The Hall–Kier alpha value is -3.78. The normalized spacial score (nSPS) is 14.4. The molecular weight excluding hydrogens is 462 g/mol. The van der Waals surface area contributed by atoms with Crippen molar-refractivity contribution in [2.45, 2.75) is 13.8 Å². The van der Waals surface area contributed by atoms with Crippen LogP contribution in [-0.4, -0.2) is 41.4 Å². The molecule has 0 spiro atoms. The summed E-state index contributed by atoms with van der Waals surface area (Å²) < 4.78 is 12.5. The molecule has 7 nitrogen and oxygen atoms in total. The van der Waals surface area contributed by atoms with Crippen LogP contribution in [0.4, 0.5) is 5.69 Å². The van der Waals surface area contributed by atoms with E-state index in [9.17, 15) is 9.59 Å². The molecule has 1 aromatic heterocycles. The number of ketones is 1. The molecule has 1 aliphatic rings. The van der Waals surface area contributed by atoms with Gasteiger partial charge in [0.15, 0.2) is 11.0 Å². The van der Waals surface area contributed by atoms with Crippen LogP contribution in [0.2, 0.25) is 0 Å². The molecule has 180 valence electrons. The lowest BCUT2D eigenvalue weighted by molar-refractivity contribution is -0.113. The van der Waals surface area contributed by atoms with E-state index < -0.39 is 0 Å². The summed E-state index contributed by atoms with van der Waals surface area (Å²) in [6, 6.07) is 16.5. The SMILES string of the molecule is COc1ccc(C=C2N=C(SCC(=O)c3cc(C)n(C)c3C)N(c3cccc(OC)c3)C2=O)cc1. The van der Waals surface area contributed by atoms with Crippen molar-refractivity contribution >= 4 is 40.4 Å². The number of aromatic nitrogens is 1. The Kier molecular flexibility index (Phi) is 7.12. The average molecular weight is 490 g/mol. The third-order valence-corrected chi connectivity index (χ3v) is 6.91. The van der Waals surface area contributed by atoms with E-state index in [-0.39, 0.29) is 17.4 Å². The number of aryl methyl sites for hydroxylation is 1. The second kappa shape index (κ2) is 10.2. The van der Waals surface area contributed by atoms with Crippen molar-refractivity contribution in [3.8, 4) is 11.5 Å². The Morgan fingerprint density at radius 2 is 1.74 bits per heavy atom. The number of amidine groups is 1. The van der Waals surface area contributed by atoms with Crippen LogP contribution in [-0.2, 0) is 11.8 Å². The maximum Gasteiger partial charge on any atom is 0.283 e. The Bertz CT molecular complexity index is 1340. The minimum absolute atomic E-state index is 0.00970. The van der Waals surface area contributed by atoms with Crippen LogP contribution in [0.5, 0.6) is 11.5 Å². The summed E-state index contributed by atoms with van der Waals surface area (Å²) in [5.41, 5.74) is 4.36. The van der Waals surface area contributed by atoms with Gasteiger partial charge in [-0.25, -0.2) is 4.99 Å². The number of amides is 1. The van der Waals surface area contributed by atoms with Gasteiger partial charge in [-0.05, 0) is 55.8 Å². The lowest BCUT2D eigenvalue weighted by Crippen LogP contribution is -2.30. The van der Waals surface area contributed by atoms with Gasteiger partial charge in [0, 0.05) is 30.1 Å². The fourth-order valence-corrected chi connectivity index (χ4v) is 4.67. The molecule has 1 aliphatic heterocycles. The van der Waals surface area contributed by atoms with Gasteiger partial charge >= 0.3 is 0 Å². The summed E-state index contributed by atoms with van der Waals surface area (Å²) in [4.78, 5) is 32.6. The number of aliphatic imine (C=N–C) groups is 1. The highest BCUT2D eigenvalue weighted by Gasteiger charge is 2.33. The number of thioether (sulfide) groups is 1. The van der Waals surface area contributed by atoms with Gasteiger partial charge in [0.2, 0.25) is 0 Å². The molecule has 1 amide bonds. The summed E-state index contributed by atoms with van der Waals surface area (Å²) in [5.74, 6) is 1.23. The summed E-state index contributed by atoms with van der Waals surface area (Å²) >= 11 is 1.25. The zero-order valence-corrected chi connectivity index (χ0v) is 21.2. The first-order valence-electron chi connectivity index (χ1n) is 11.0. The lowest BCUT2D eigenvalue weighted by Gasteiger charge is -2.18. The molecule has 0 N–H and O–H groups in total. The standard InChI is InChI=1S/C27H27N3O4S/c1-17-13-23(18(2)29(17)3)25(31)16-35-27-28-24(14-19-9-11-21(33-4)12-10-19)26(32)30(27)20-7-6-8-22(15-20)34-5/h6-15H,16H2,1-5H3. The molecule has 0 radical (unpaired) electrons. The second-order valence-corrected chi connectivity index (χ2v) is 9.04. The number of rotatable bonds is 7. The number of carbonyl (C=O) groups excluding carboxylic acids is 2. The Morgan fingerprint density at radius 3 is 2.37 bits per heavy atom. The van der Waals surface area contributed by atoms with E-state index >= 15 is 0 Å². The van der Waals surface area contributed by atoms with Gasteiger partial charge in [-0.3, -0.25) is 14.5 Å². The van der Waals surface area contributed by atoms with Crippen LogP contribution < -0.4 is 14.4 Å². The molecule has 0 atom stereocenters. The van der Waals surface area contributed by atoms with Crippen LogP contribution in [0.25, 0.3) is 6.08 Å².